The van der Waals surface area contributed by atoms with Gasteiger partial charge in [-0.15, -0.1) is 0 Å². The fraction of sp³-hybridized carbons (Fsp3) is 0.250. The molecule has 2 aromatic rings. The van der Waals surface area contributed by atoms with E-state index in [-0.39, 0.29) is 5.69 Å². The summed E-state index contributed by atoms with van der Waals surface area (Å²) in [6.45, 7) is 4.87. The monoisotopic (exact) mass is 323 g/mol. The molecule has 2 N–H and O–H groups in total. The molecule has 0 fully saturated rings. The maximum absolute atomic E-state index is 13.5. The fourth-order valence-corrected chi connectivity index (χ4v) is 1.76. The van der Waals surface area contributed by atoms with Crippen molar-refractivity contribution >= 4 is 17.3 Å². The Labute approximate surface area is 131 Å². The molecule has 1 aromatic heterocycles. The highest BCUT2D eigenvalue weighted by molar-refractivity contribution is 6.03. The van der Waals surface area contributed by atoms with E-state index in [1.54, 1.807) is 6.07 Å². The number of hydrogen-bond acceptors (Lipinski definition) is 3. The summed E-state index contributed by atoms with van der Waals surface area (Å²) in [5.41, 5.74) is 0.330. The Bertz CT molecular complexity index is 702. The van der Waals surface area contributed by atoms with Gasteiger partial charge < -0.3 is 10.6 Å². The molecule has 0 aliphatic carbocycles. The number of carbonyl (C=O) groups excluding carboxylic acids is 1. The number of nitrogens with zero attached hydrogens (tertiary/aromatic N) is 1. The number of hydrogen-bond donors (Lipinski definition) is 2. The average molecular weight is 323 g/mol. The van der Waals surface area contributed by atoms with Gasteiger partial charge >= 0.3 is 0 Å². The van der Waals surface area contributed by atoms with Gasteiger partial charge in [0.2, 0.25) is 0 Å². The molecule has 0 aliphatic rings. The van der Waals surface area contributed by atoms with Crippen LogP contribution in [-0.2, 0) is 0 Å². The Kier molecular flexibility index (Phi) is 5.20. The first-order valence-electron chi connectivity index (χ1n) is 7.03. The van der Waals surface area contributed by atoms with Crippen LogP contribution in [0.2, 0.25) is 0 Å². The third-order valence-corrected chi connectivity index (χ3v) is 2.99. The number of pyridine rings is 1. The van der Waals surface area contributed by atoms with E-state index >= 15 is 0 Å². The maximum Gasteiger partial charge on any atom is 0.274 e. The summed E-state index contributed by atoms with van der Waals surface area (Å²) in [7, 11) is 0. The molecule has 1 amide bonds. The van der Waals surface area contributed by atoms with Gasteiger partial charge in [-0.1, -0.05) is 13.8 Å². The second-order valence-corrected chi connectivity index (χ2v) is 5.38. The van der Waals surface area contributed by atoms with Gasteiger partial charge in [0.05, 0.1) is 17.6 Å². The molecule has 2 rings (SSSR count). The first kappa shape index (κ1) is 16.8. The number of rotatable bonds is 5. The van der Waals surface area contributed by atoms with E-state index < -0.39 is 29.0 Å². The van der Waals surface area contributed by atoms with Crippen LogP contribution in [0.25, 0.3) is 0 Å². The second-order valence-electron chi connectivity index (χ2n) is 5.38. The second kappa shape index (κ2) is 7.13. The lowest BCUT2D eigenvalue weighted by atomic mass is 10.2. The van der Waals surface area contributed by atoms with Crippen molar-refractivity contribution in [1.29, 1.82) is 0 Å². The van der Waals surface area contributed by atoms with Crippen molar-refractivity contribution in [3.8, 4) is 0 Å². The van der Waals surface area contributed by atoms with Crippen LogP contribution in [0.3, 0.4) is 0 Å². The van der Waals surface area contributed by atoms with Crippen LogP contribution in [0.5, 0.6) is 0 Å². The molecule has 122 valence electrons. The quantitative estimate of drug-likeness (QED) is 0.823. The Balaban J connectivity index is 2.08. The Morgan fingerprint density at radius 2 is 1.87 bits per heavy atom. The van der Waals surface area contributed by atoms with Crippen molar-refractivity contribution in [1.82, 2.24) is 4.98 Å². The van der Waals surface area contributed by atoms with Crippen molar-refractivity contribution in [3.05, 3.63) is 53.6 Å². The summed E-state index contributed by atoms with van der Waals surface area (Å²) in [5.74, 6) is -4.67. The minimum Gasteiger partial charge on any atom is -0.384 e. The van der Waals surface area contributed by atoms with Gasteiger partial charge in [-0.3, -0.25) is 4.79 Å². The normalized spacial score (nSPS) is 10.7. The zero-order valence-electron chi connectivity index (χ0n) is 12.7. The third kappa shape index (κ3) is 4.21. The summed E-state index contributed by atoms with van der Waals surface area (Å²) in [4.78, 5) is 15.9. The highest BCUT2D eigenvalue weighted by atomic mass is 19.2. The number of aromatic nitrogens is 1. The molecule has 0 saturated heterocycles. The van der Waals surface area contributed by atoms with Gasteiger partial charge in [-0.25, -0.2) is 18.2 Å². The predicted octanol–water partition coefficient (Wildman–Crippen LogP) is 3.82. The van der Waals surface area contributed by atoms with Crippen LogP contribution in [-0.4, -0.2) is 17.4 Å². The molecule has 7 heteroatoms. The first-order chi connectivity index (χ1) is 10.9. The van der Waals surface area contributed by atoms with Crippen molar-refractivity contribution in [2.75, 3.05) is 17.2 Å². The standard InChI is InChI=1S/C16H16F3N3O/c1-9(2)7-20-10-3-5-13(21-8-10)16(23)22-12-6-4-11(17)14(18)15(12)19/h3-6,8-9,20H,7H2,1-2H3,(H,22,23). The smallest absolute Gasteiger partial charge is 0.274 e. The van der Waals surface area contributed by atoms with Crippen molar-refractivity contribution in [2.45, 2.75) is 13.8 Å². The van der Waals surface area contributed by atoms with Crippen LogP contribution in [0.1, 0.15) is 24.3 Å². The number of halogens is 3. The molecule has 0 radical (unpaired) electrons. The fourth-order valence-electron chi connectivity index (χ4n) is 1.76. The third-order valence-electron chi connectivity index (χ3n) is 2.99. The number of nitrogens with one attached hydrogen (secondary N) is 2. The highest BCUT2D eigenvalue weighted by Gasteiger charge is 2.16. The molecule has 0 spiro atoms. The molecule has 1 aromatic carbocycles. The summed E-state index contributed by atoms with van der Waals surface area (Å²) in [6, 6.07) is 4.80. The highest BCUT2D eigenvalue weighted by Crippen LogP contribution is 2.20. The van der Waals surface area contributed by atoms with Crippen molar-refractivity contribution in [3.63, 3.8) is 0 Å². The molecule has 0 aliphatic heterocycles. The Morgan fingerprint density at radius 1 is 1.13 bits per heavy atom. The molecule has 0 bridgehead atoms. The largest absolute Gasteiger partial charge is 0.384 e. The average Bonchev–Trinajstić information content (AvgIpc) is 2.54. The predicted molar refractivity (Wildman–Crippen MR) is 81.8 cm³/mol. The van der Waals surface area contributed by atoms with Crippen LogP contribution in [0, 0.1) is 23.4 Å². The van der Waals surface area contributed by atoms with E-state index in [2.05, 4.69) is 29.5 Å². The number of benzene rings is 1. The summed E-state index contributed by atoms with van der Waals surface area (Å²) < 4.78 is 39.5. The minimum atomic E-state index is -1.64. The molecular formula is C16H16F3N3O. The number of anilines is 2. The van der Waals surface area contributed by atoms with E-state index in [0.717, 1.165) is 24.4 Å². The molecule has 23 heavy (non-hydrogen) atoms. The lowest BCUT2D eigenvalue weighted by molar-refractivity contribution is 0.102. The summed E-state index contributed by atoms with van der Waals surface area (Å²) >= 11 is 0. The maximum atomic E-state index is 13.5. The molecule has 4 nitrogen and oxygen atoms in total. The van der Waals surface area contributed by atoms with E-state index in [0.29, 0.717) is 5.92 Å². The van der Waals surface area contributed by atoms with Crippen LogP contribution in [0.4, 0.5) is 24.5 Å². The first-order valence-corrected chi connectivity index (χ1v) is 7.03. The van der Waals surface area contributed by atoms with E-state index in [9.17, 15) is 18.0 Å². The Hall–Kier alpha value is -2.57. The molecule has 0 unspecified atom stereocenters. The lowest BCUT2D eigenvalue weighted by Gasteiger charge is -2.10. The SMILES string of the molecule is CC(C)CNc1ccc(C(=O)Nc2ccc(F)c(F)c2F)nc1. The molecule has 0 saturated carbocycles. The van der Waals surface area contributed by atoms with E-state index in [4.69, 9.17) is 0 Å². The van der Waals surface area contributed by atoms with E-state index in [1.165, 1.54) is 12.3 Å². The number of carbonyl (C=O) groups is 1. The summed E-state index contributed by atoms with van der Waals surface area (Å²) in [5, 5.41) is 5.30. The summed E-state index contributed by atoms with van der Waals surface area (Å²) in [6.07, 6.45) is 1.47. The molecular weight excluding hydrogens is 307 g/mol. The van der Waals surface area contributed by atoms with Gasteiger partial charge in [0.1, 0.15) is 5.69 Å². The zero-order valence-corrected chi connectivity index (χ0v) is 12.7. The van der Waals surface area contributed by atoms with E-state index in [1.807, 2.05) is 0 Å². The van der Waals surface area contributed by atoms with Gasteiger partial charge in [0, 0.05) is 6.54 Å². The zero-order chi connectivity index (χ0) is 17.0. The minimum absolute atomic E-state index is 0.0317. The van der Waals surface area contributed by atoms with Gasteiger partial charge in [-0.2, -0.15) is 0 Å². The van der Waals surface area contributed by atoms with Gasteiger partial charge in [0.15, 0.2) is 17.5 Å². The van der Waals surface area contributed by atoms with Crippen LogP contribution in [0.15, 0.2) is 30.5 Å². The van der Waals surface area contributed by atoms with Gasteiger partial charge in [-0.05, 0) is 30.2 Å². The lowest BCUT2D eigenvalue weighted by Crippen LogP contribution is -2.16. The van der Waals surface area contributed by atoms with Crippen molar-refractivity contribution < 1.29 is 18.0 Å². The molecule has 1 heterocycles. The van der Waals surface area contributed by atoms with Crippen LogP contribution < -0.4 is 10.6 Å². The van der Waals surface area contributed by atoms with Gasteiger partial charge in [0.25, 0.3) is 5.91 Å². The number of amides is 1. The Morgan fingerprint density at radius 3 is 2.48 bits per heavy atom. The molecule has 0 atom stereocenters. The topological polar surface area (TPSA) is 54.0 Å². The van der Waals surface area contributed by atoms with Crippen LogP contribution >= 0.6 is 0 Å². The van der Waals surface area contributed by atoms with Crippen molar-refractivity contribution in [2.24, 2.45) is 5.92 Å².